The van der Waals surface area contributed by atoms with Crippen LogP contribution in [0.5, 0.6) is 17.2 Å². The third kappa shape index (κ3) is 4.99. The highest BCUT2D eigenvalue weighted by molar-refractivity contribution is 5.96. The Morgan fingerprint density at radius 2 is 1.32 bits per heavy atom. The fraction of sp³-hybridized carbons (Fsp3) is 0.600. The molecule has 1 aliphatic heterocycles. The van der Waals surface area contributed by atoms with Gasteiger partial charge in [0, 0.05) is 45.8 Å². The molecule has 0 unspecified atom stereocenters. The molecule has 8 nitrogen and oxygen atoms in total. The maximum Gasteiger partial charge on any atom is 0.319 e. The van der Waals surface area contributed by atoms with Gasteiger partial charge in [0.1, 0.15) is 0 Å². The molecule has 0 spiro atoms. The van der Waals surface area contributed by atoms with Gasteiger partial charge in [-0.25, -0.2) is 4.79 Å². The van der Waals surface area contributed by atoms with Gasteiger partial charge in [0.15, 0.2) is 11.5 Å². The SMILES string of the molecule is CCOc1cc(C(=O)N2CCN(C(=O)N(C)C)CC2)cc(OCC)c1OCC. The molecule has 0 aliphatic carbocycles. The minimum Gasteiger partial charge on any atom is -0.490 e. The summed E-state index contributed by atoms with van der Waals surface area (Å²) < 4.78 is 17.1. The summed E-state index contributed by atoms with van der Waals surface area (Å²) >= 11 is 0. The lowest BCUT2D eigenvalue weighted by molar-refractivity contribution is 0.0649. The second kappa shape index (κ2) is 10.1. The van der Waals surface area contributed by atoms with Crippen LogP contribution in [0.15, 0.2) is 12.1 Å². The van der Waals surface area contributed by atoms with E-state index in [9.17, 15) is 9.59 Å². The molecule has 0 bridgehead atoms. The summed E-state index contributed by atoms with van der Waals surface area (Å²) in [6.45, 7) is 9.01. The smallest absolute Gasteiger partial charge is 0.319 e. The first-order chi connectivity index (χ1) is 13.4. The Balaban J connectivity index is 2.22. The highest BCUT2D eigenvalue weighted by Crippen LogP contribution is 2.39. The summed E-state index contributed by atoms with van der Waals surface area (Å²) in [6, 6.07) is 3.37. The van der Waals surface area contributed by atoms with Gasteiger partial charge in [0.05, 0.1) is 19.8 Å². The van der Waals surface area contributed by atoms with Gasteiger partial charge in [-0.1, -0.05) is 0 Å². The van der Waals surface area contributed by atoms with E-state index in [0.29, 0.717) is 68.8 Å². The van der Waals surface area contributed by atoms with E-state index in [4.69, 9.17) is 14.2 Å². The number of carbonyl (C=O) groups excluding carboxylic acids is 2. The summed E-state index contributed by atoms with van der Waals surface area (Å²) in [4.78, 5) is 30.2. The highest BCUT2D eigenvalue weighted by Gasteiger charge is 2.27. The van der Waals surface area contributed by atoms with Gasteiger partial charge in [0.25, 0.3) is 5.91 Å². The average molecular weight is 393 g/mol. The van der Waals surface area contributed by atoms with E-state index in [0.717, 1.165) is 0 Å². The lowest BCUT2D eigenvalue weighted by Crippen LogP contribution is -2.52. The van der Waals surface area contributed by atoms with Crippen LogP contribution < -0.4 is 14.2 Å². The van der Waals surface area contributed by atoms with Crippen LogP contribution in [0.3, 0.4) is 0 Å². The zero-order chi connectivity index (χ0) is 20.7. The van der Waals surface area contributed by atoms with Gasteiger partial charge >= 0.3 is 6.03 Å². The van der Waals surface area contributed by atoms with Crippen molar-refractivity contribution >= 4 is 11.9 Å². The molecule has 0 atom stereocenters. The number of hydrogen-bond acceptors (Lipinski definition) is 5. The molecule has 1 aromatic rings. The van der Waals surface area contributed by atoms with Crippen molar-refractivity contribution in [1.29, 1.82) is 0 Å². The van der Waals surface area contributed by atoms with E-state index in [1.165, 1.54) is 0 Å². The quantitative estimate of drug-likeness (QED) is 0.711. The van der Waals surface area contributed by atoms with Gasteiger partial charge in [-0.05, 0) is 32.9 Å². The Kier molecular flexibility index (Phi) is 7.78. The summed E-state index contributed by atoms with van der Waals surface area (Å²) in [5.41, 5.74) is 0.489. The summed E-state index contributed by atoms with van der Waals surface area (Å²) in [5.74, 6) is 1.41. The van der Waals surface area contributed by atoms with Crippen LogP contribution in [0.1, 0.15) is 31.1 Å². The van der Waals surface area contributed by atoms with Crippen LogP contribution in [0.2, 0.25) is 0 Å². The molecule has 2 rings (SSSR count). The standard InChI is InChI=1S/C20H31N3O5/c1-6-26-16-13-15(14-17(27-7-2)18(16)28-8-3)19(24)22-9-11-23(12-10-22)20(25)21(4)5/h13-14H,6-12H2,1-5H3. The van der Waals surface area contributed by atoms with Gasteiger partial charge in [0.2, 0.25) is 5.75 Å². The van der Waals surface area contributed by atoms with Gasteiger partial charge in [-0.15, -0.1) is 0 Å². The molecule has 1 saturated heterocycles. The number of amides is 3. The van der Waals surface area contributed by atoms with Crippen molar-refractivity contribution < 1.29 is 23.8 Å². The first kappa shape index (κ1) is 21.7. The lowest BCUT2D eigenvalue weighted by atomic mass is 10.1. The Morgan fingerprint density at radius 3 is 1.75 bits per heavy atom. The van der Waals surface area contributed by atoms with E-state index in [1.54, 1.807) is 40.9 Å². The number of rotatable bonds is 7. The Bertz CT molecular complexity index is 657. The van der Waals surface area contributed by atoms with E-state index in [2.05, 4.69) is 0 Å². The van der Waals surface area contributed by atoms with Crippen molar-refractivity contribution in [2.45, 2.75) is 20.8 Å². The Morgan fingerprint density at radius 1 is 0.857 bits per heavy atom. The second-order valence-corrected chi connectivity index (χ2v) is 6.56. The minimum absolute atomic E-state index is 0.0366. The molecule has 1 aromatic carbocycles. The van der Waals surface area contributed by atoms with Crippen LogP contribution in [-0.2, 0) is 0 Å². The number of piperazine rings is 1. The minimum atomic E-state index is -0.109. The average Bonchev–Trinajstić information content (AvgIpc) is 2.69. The van der Waals surface area contributed by atoms with Crippen molar-refractivity contribution in [3.05, 3.63) is 17.7 Å². The van der Waals surface area contributed by atoms with E-state index >= 15 is 0 Å². The predicted molar refractivity (Wildman–Crippen MR) is 107 cm³/mol. The zero-order valence-corrected chi connectivity index (χ0v) is 17.5. The third-order valence-corrected chi connectivity index (χ3v) is 4.38. The first-order valence-electron chi connectivity index (χ1n) is 9.74. The topological polar surface area (TPSA) is 71.6 Å². The largest absolute Gasteiger partial charge is 0.490 e. The summed E-state index contributed by atoms with van der Waals surface area (Å²) in [7, 11) is 3.45. The monoisotopic (exact) mass is 393 g/mol. The summed E-state index contributed by atoms with van der Waals surface area (Å²) in [5, 5.41) is 0. The molecule has 1 heterocycles. The third-order valence-electron chi connectivity index (χ3n) is 4.38. The van der Waals surface area contributed by atoms with E-state index in [1.807, 2.05) is 20.8 Å². The van der Waals surface area contributed by atoms with Crippen molar-refractivity contribution in [2.75, 3.05) is 60.1 Å². The fourth-order valence-electron chi connectivity index (χ4n) is 3.08. The Hall–Kier alpha value is -2.64. The number of nitrogens with zero attached hydrogens (tertiary/aromatic N) is 3. The number of carbonyl (C=O) groups is 2. The van der Waals surface area contributed by atoms with Crippen LogP contribution in [0, 0.1) is 0 Å². The molecular weight excluding hydrogens is 362 g/mol. The van der Waals surface area contributed by atoms with E-state index < -0.39 is 0 Å². The number of hydrogen-bond donors (Lipinski definition) is 0. The molecular formula is C20H31N3O5. The molecule has 1 aliphatic rings. The highest BCUT2D eigenvalue weighted by atomic mass is 16.5. The lowest BCUT2D eigenvalue weighted by Gasteiger charge is -2.36. The van der Waals surface area contributed by atoms with Crippen molar-refractivity contribution in [3.63, 3.8) is 0 Å². The fourth-order valence-corrected chi connectivity index (χ4v) is 3.08. The van der Waals surface area contributed by atoms with Crippen LogP contribution in [0.4, 0.5) is 4.79 Å². The second-order valence-electron chi connectivity index (χ2n) is 6.56. The van der Waals surface area contributed by atoms with Gasteiger partial charge in [-0.3, -0.25) is 4.79 Å². The molecule has 28 heavy (non-hydrogen) atoms. The maximum absolute atomic E-state index is 13.1. The van der Waals surface area contributed by atoms with Gasteiger partial charge < -0.3 is 28.9 Å². The number of ether oxygens (including phenoxy) is 3. The predicted octanol–water partition coefficient (Wildman–Crippen LogP) is 2.32. The molecule has 3 amide bonds. The van der Waals surface area contributed by atoms with Gasteiger partial charge in [-0.2, -0.15) is 0 Å². The molecule has 1 fully saturated rings. The van der Waals surface area contributed by atoms with Crippen LogP contribution >= 0.6 is 0 Å². The molecule has 0 radical (unpaired) electrons. The number of benzene rings is 1. The normalized spacial score (nSPS) is 13.9. The molecule has 156 valence electrons. The van der Waals surface area contributed by atoms with Crippen LogP contribution in [0.25, 0.3) is 0 Å². The molecule has 0 saturated carbocycles. The zero-order valence-electron chi connectivity index (χ0n) is 17.5. The van der Waals surface area contributed by atoms with Crippen molar-refractivity contribution in [2.24, 2.45) is 0 Å². The molecule has 0 N–H and O–H groups in total. The first-order valence-corrected chi connectivity index (χ1v) is 9.74. The van der Waals surface area contributed by atoms with E-state index in [-0.39, 0.29) is 11.9 Å². The molecule has 8 heteroatoms. The van der Waals surface area contributed by atoms with Crippen molar-refractivity contribution in [3.8, 4) is 17.2 Å². The van der Waals surface area contributed by atoms with Crippen molar-refractivity contribution in [1.82, 2.24) is 14.7 Å². The Labute approximate surface area is 166 Å². The molecule has 0 aromatic heterocycles. The van der Waals surface area contributed by atoms with Crippen LogP contribution in [-0.4, -0.2) is 86.7 Å². The maximum atomic E-state index is 13.1. The number of urea groups is 1. The summed E-state index contributed by atoms with van der Waals surface area (Å²) in [6.07, 6.45) is 0.